The topological polar surface area (TPSA) is 59.4 Å². The first-order valence-electron chi connectivity index (χ1n) is 4.50. The fraction of sp³-hybridized carbons (Fsp3) is 0. The Bertz CT molecular complexity index is 617. The van der Waals surface area contributed by atoms with E-state index in [1.54, 1.807) is 0 Å². The molecule has 18 heavy (non-hydrogen) atoms. The van der Waals surface area contributed by atoms with Crippen molar-refractivity contribution in [2.75, 3.05) is 0 Å². The summed E-state index contributed by atoms with van der Waals surface area (Å²) in [7, 11) is 0. The number of aromatic nitrogens is 1. The van der Waals surface area contributed by atoms with Crippen molar-refractivity contribution in [3.05, 3.63) is 39.1 Å². The Balaban J connectivity index is 2.29. The zero-order valence-electron chi connectivity index (χ0n) is 8.49. The van der Waals surface area contributed by atoms with Gasteiger partial charge in [0.05, 0.1) is 5.02 Å². The number of hydrogen-bond acceptors (Lipinski definition) is 4. The lowest BCUT2D eigenvalue weighted by molar-refractivity contribution is 0.0702. The monoisotopic (exact) mass is 307 g/mol. The van der Waals surface area contributed by atoms with Crippen LogP contribution in [0.4, 0.5) is 4.39 Å². The molecule has 94 valence electrons. The third kappa shape index (κ3) is 2.72. The smallest absolute Gasteiger partial charge is 0.349 e. The van der Waals surface area contributed by atoms with Crippen LogP contribution in [0.2, 0.25) is 10.2 Å². The van der Waals surface area contributed by atoms with Crippen LogP contribution in [0.5, 0.6) is 10.9 Å². The van der Waals surface area contributed by atoms with Crippen LogP contribution in [0, 0.1) is 5.82 Å². The van der Waals surface area contributed by atoms with Crippen LogP contribution in [0.25, 0.3) is 0 Å². The van der Waals surface area contributed by atoms with Crippen LogP contribution in [0.15, 0.2) is 18.2 Å². The van der Waals surface area contributed by atoms with Gasteiger partial charge >= 0.3 is 5.97 Å². The quantitative estimate of drug-likeness (QED) is 0.928. The molecule has 1 heterocycles. The van der Waals surface area contributed by atoms with Gasteiger partial charge in [-0.1, -0.05) is 34.5 Å². The highest BCUT2D eigenvalue weighted by Crippen LogP contribution is 2.35. The molecule has 0 radical (unpaired) electrons. The average molecular weight is 308 g/mol. The van der Waals surface area contributed by atoms with Crippen LogP contribution < -0.4 is 4.74 Å². The Kier molecular flexibility index (Phi) is 3.70. The van der Waals surface area contributed by atoms with E-state index in [1.807, 2.05) is 0 Å². The number of carboxylic acids is 1. The largest absolute Gasteiger partial charge is 0.477 e. The third-order valence-electron chi connectivity index (χ3n) is 1.85. The fourth-order valence-electron chi connectivity index (χ4n) is 1.11. The number of carbonyl (C=O) groups is 1. The first-order chi connectivity index (χ1) is 8.47. The molecule has 1 aromatic carbocycles. The maximum Gasteiger partial charge on any atom is 0.349 e. The average Bonchev–Trinajstić information content (AvgIpc) is 2.64. The summed E-state index contributed by atoms with van der Waals surface area (Å²) in [5.74, 6) is -1.53. The molecule has 0 aliphatic carbocycles. The summed E-state index contributed by atoms with van der Waals surface area (Å²) < 4.78 is 18.0. The molecule has 0 bridgehead atoms. The lowest BCUT2D eigenvalue weighted by atomic mass is 10.3. The van der Waals surface area contributed by atoms with Gasteiger partial charge in [0.2, 0.25) is 0 Å². The van der Waals surface area contributed by atoms with Crippen molar-refractivity contribution in [1.29, 1.82) is 0 Å². The Labute approximate surface area is 115 Å². The minimum absolute atomic E-state index is 0.0194. The highest BCUT2D eigenvalue weighted by Gasteiger charge is 2.17. The van der Waals surface area contributed by atoms with Crippen molar-refractivity contribution >= 4 is 40.5 Å². The molecule has 0 aliphatic rings. The summed E-state index contributed by atoms with van der Waals surface area (Å²) in [5, 5.41) is 8.70. The van der Waals surface area contributed by atoms with Crippen molar-refractivity contribution in [2.24, 2.45) is 0 Å². The summed E-state index contributed by atoms with van der Waals surface area (Å²) in [6.45, 7) is 0. The fourth-order valence-corrected chi connectivity index (χ4v) is 2.30. The highest BCUT2D eigenvalue weighted by molar-refractivity contribution is 7.15. The molecule has 0 unspecified atom stereocenters. The summed E-state index contributed by atoms with van der Waals surface area (Å²) in [6, 6.07) is 3.55. The number of nitrogens with zero attached hydrogens (tertiary/aromatic N) is 1. The van der Waals surface area contributed by atoms with E-state index < -0.39 is 11.8 Å². The van der Waals surface area contributed by atoms with Gasteiger partial charge in [-0.2, -0.15) is 4.98 Å². The molecule has 0 fully saturated rings. The van der Waals surface area contributed by atoms with E-state index in [0.717, 1.165) is 23.5 Å². The predicted octanol–water partition coefficient (Wildman–Crippen LogP) is 4.08. The Hall–Kier alpha value is -1.37. The molecule has 4 nitrogen and oxygen atoms in total. The minimum atomic E-state index is -1.20. The normalized spacial score (nSPS) is 10.4. The SMILES string of the molecule is O=C(O)c1sc(Oc2ccc(F)cc2Cl)nc1Cl. The van der Waals surface area contributed by atoms with Crippen molar-refractivity contribution < 1.29 is 19.0 Å². The van der Waals surface area contributed by atoms with Crippen LogP contribution in [0.3, 0.4) is 0 Å². The number of halogens is 3. The molecular formula is C10H4Cl2FNO3S. The molecule has 1 N–H and O–H groups in total. The Morgan fingerprint density at radius 1 is 1.44 bits per heavy atom. The van der Waals surface area contributed by atoms with Gasteiger partial charge in [0.15, 0.2) is 10.0 Å². The maximum absolute atomic E-state index is 12.8. The number of carboxylic acid groups (broad SMARTS) is 1. The van der Waals surface area contributed by atoms with Crippen LogP contribution in [-0.2, 0) is 0 Å². The number of thiazole rings is 1. The molecule has 0 saturated heterocycles. The molecule has 2 rings (SSSR count). The number of benzene rings is 1. The van der Waals surface area contributed by atoms with E-state index >= 15 is 0 Å². The second-order valence-electron chi connectivity index (χ2n) is 3.08. The van der Waals surface area contributed by atoms with E-state index in [1.165, 1.54) is 6.07 Å². The molecule has 1 aromatic heterocycles. The van der Waals surface area contributed by atoms with Crippen molar-refractivity contribution in [3.8, 4) is 10.9 Å². The predicted molar refractivity (Wildman–Crippen MR) is 65.6 cm³/mol. The van der Waals surface area contributed by atoms with Gasteiger partial charge < -0.3 is 9.84 Å². The van der Waals surface area contributed by atoms with Crippen LogP contribution in [0.1, 0.15) is 9.67 Å². The van der Waals surface area contributed by atoms with Gasteiger partial charge in [0.1, 0.15) is 11.6 Å². The van der Waals surface area contributed by atoms with Gasteiger partial charge in [0.25, 0.3) is 5.19 Å². The Morgan fingerprint density at radius 2 is 2.17 bits per heavy atom. The molecule has 0 atom stereocenters. The minimum Gasteiger partial charge on any atom is -0.477 e. The van der Waals surface area contributed by atoms with E-state index in [9.17, 15) is 9.18 Å². The summed E-state index contributed by atoms with van der Waals surface area (Å²) in [6.07, 6.45) is 0. The second-order valence-corrected chi connectivity index (χ2v) is 4.81. The molecular weight excluding hydrogens is 304 g/mol. The van der Waals surface area contributed by atoms with Crippen LogP contribution >= 0.6 is 34.5 Å². The first kappa shape index (κ1) is 13.1. The maximum atomic E-state index is 12.8. The highest BCUT2D eigenvalue weighted by atomic mass is 35.5. The summed E-state index contributed by atoms with van der Waals surface area (Å²) in [4.78, 5) is 14.3. The van der Waals surface area contributed by atoms with E-state index in [-0.39, 0.29) is 26.0 Å². The van der Waals surface area contributed by atoms with Crippen molar-refractivity contribution in [1.82, 2.24) is 4.98 Å². The molecule has 2 aromatic rings. The molecule has 0 aliphatic heterocycles. The van der Waals surface area contributed by atoms with Gasteiger partial charge in [-0.25, -0.2) is 9.18 Å². The molecule has 0 amide bonds. The number of aromatic carboxylic acids is 1. The van der Waals surface area contributed by atoms with E-state index in [4.69, 9.17) is 33.0 Å². The van der Waals surface area contributed by atoms with Gasteiger partial charge in [-0.05, 0) is 18.2 Å². The molecule has 8 heteroatoms. The molecule has 0 saturated carbocycles. The summed E-state index contributed by atoms with van der Waals surface area (Å²) >= 11 is 12.1. The van der Waals surface area contributed by atoms with Gasteiger partial charge in [-0.15, -0.1) is 0 Å². The number of ether oxygens (including phenoxy) is 1. The molecule has 0 spiro atoms. The number of hydrogen-bond donors (Lipinski definition) is 1. The first-order valence-corrected chi connectivity index (χ1v) is 6.07. The van der Waals surface area contributed by atoms with Crippen molar-refractivity contribution in [2.45, 2.75) is 0 Å². The Morgan fingerprint density at radius 3 is 2.72 bits per heavy atom. The zero-order chi connectivity index (χ0) is 13.3. The van der Waals surface area contributed by atoms with Gasteiger partial charge in [0, 0.05) is 0 Å². The zero-order valence-corrected chi connectivity index (χ0v) is 10.8. The summed E-state index contributed by atoms with van der Waals surface area (Å²) in [5.41, 5.74) is 0. The van der Waals surface area contributed by atoms with Gasteiger partial charge in [-0.3, -0.25) is 0 Å². The third-order valence-corrected chi connectivity index (χ3v) is 3.45. The second kappa shape index (κ2) is 5.09. The van der Waals surface area contributed by atoms with Crippen molar-refractivity contribution in [3.63, 3.8) is 0 Å². The lowest BCUT2D eigenvalue weighted by Crippen LogP contribution is -1.91. The number of rotatable bonds is 3. The standard InChI is InChI=1S/C10H4Cl2FNO3S/c11-5-3-4(13)1-2-6(5)17-10-14-8(12)7(18-10)9(15)16/h1-3H,(H,15,16). The lowest BCUT2D eigenvalue weighted by Gasteiger charge is -2.03. The van der Waals surface area contributed by atoms with E-state index in [2.05, 4.69) is 4.98 Å². The van der Waals surface area contributed by atoms with Crippen LogP contribution in [-0.4, -0.2) is 16.1 Å². The van der Waals surface area contributed by atoms with E-state index in [0.29, 0.717) is 0 Å².